The standard InChI is InChI=1S/C11H13ClO/c12-11-3-1-9(2-4-11)10-5-8(6-10)7-13/h1-4,8,10,13H,5-7H2. The number of hydrogen-bond donors (Lipinski definition) is 1. The SMILES string of the molecule is OCC1CC(c2ccc(Cl)cc2)C1. The average molecular weight is 197 g/mol. The van der Waals surface area contributed by atoms with Gasteiger partial charge in [-0.3, -0.25) is 0 Å². The first-order chi connectivity index (χ1) is 6.29. The van der Waals surface area contributed by atoms with Gasteiger partial charge in [0.25, 0.3) is 0 Å². The van der Waals surface area contributed by atoms with Gasteiger partial charge in [0, 0.05) is 11.6 Å². The van der Waals surface area contributed by atoms with Crippen molar-refractivity contribution in [2.24, 2.45) is 5.92 Å². The van der Waals surface area contributed by atoms with E-state index < -0.39 is 0 Å². The molecule has 0 aromatic heterocycles. The molecule has 0 spiro atoms. The fourth-order valence-corrected chi connectivity index (χ4v) is 2.02. The molecule has 0 unspecified atom stereocenters. The predicted molar refractivity (Wildman–Crippen MR) is 54.0 cm³/mol. The molecule has 0 bridgehead atoms. The molecule has 0 heterocycles. The maximum Gasteiger partial charge on any atom is 0.0459 e. The molecule has 2 heteroatoms. The maximum absolute atomic E-state index is 8.87. The molecule has 1 aromatic carbocycles. The Morgan fingerprint density at radius 2 is 1.85 bits per heavy atom. The van der Waals surface area contributed by atoms with E-state index in [1.165, 1.54) is 5.56 Å². The van der Waals surface area contributed by atoms with Crippen LogP contribution in [0.2, 0.25) is 5.02 Å². The van der Waals surface area contributed by atoms with Crippen molar-refractivity contribution in [2.45, 2.75) is 18.8 Å². The highest BCUT2D eigenvalue weighted by atomic mass is 35.5. The van der Waals surface area contributed by atoms with Crippen LogP contribution in [0.15, 0.2) is 24.3 Å². The van der Waals surface area contributed by atoms with E-state index in [4.69, 9.17) is 16.7 Å². The maximum atomic E-state index is 8.87. The minimum atomic E-state index is 0.337. The minimum Gasteiger partial charge on any atom is -0.396 e. The summed E-state index contributed by atoms with van der Waals surface area (Å²) in [4.78, 5) is 0. The van der Waals surface area contributed by atoms with Gasteiger partial charge in [-0.1, -0.05) is 23.7 Å². The third kappa shape index (κ3) is 1.87. The van der Waals surface area contributed by atoms with Crippen LogP contribution in [0.25, 0.3) is 0 Å². The Morgan fingerprint density at radius 3 is 2.38 bits per heavy atom. The van der Waals surface area contributed by atoms with E-state index in [9.17, 15) is 0 Å². The molecular weight excluding hydrogens is 184 g/mol. The molecule has 1 saturated carbocycles. The van der Waals surface area contributed by atoms with Gasteiger partial charge in [-0.05, 0) is 42.4 Å². The van der Waals surface area contributed by atoms with Crippen LogP contribution in [-0.2, 0) is 0 Å². The van der Waals surface area contributed by atoms with E-state index in [1.54, 1.807) is 0 Å². The van der Waals surface area contributed by atoms with Crippen molar-refractivity contribution in [2.75, 3.05) is 6.61 Å². The van der Waals surface area contributed by atoms with Gasteiger partial charge in [0.1, 0.15) is 0 Å². The third-order valence-electron chi connectivity index (χ3n) is 2.84. The minimum absolute atomic E-state index is 0.337. The first-order valence-corrected chi connectivity index (χ1v) is 5.03. The van der Waals surface area contributed by atoms with Crippen LogP contribution in [-0.4, -0.2) is 11.7 Å². The summed E-state index contributed by atoms with van der Waals surface area (Å²) < 4.78 is 0. The van der Waals surface area contributed by atoms with E-state index >= 15 is 0 Å². The molecule has 13 heavy (non-hydrogen) atoms. The molecule has 0 aliphatic heterocycles. The van der Waals surface area contributed by atoms with Gasteiger partial charge in [-0.25, -0.2) is 0 Å². The Labute approximate surface area is 83.3 Å². The predicted octanol–water partition coefficient (Wildman–Crippen LogP) is 2.83. The Balaban J connectivity index is 1.99. The lowest BCUT2D eigenvalue weighted by molar-refractivity contribution is 0.142. The van der Waals surface area contributed by atoms with Crippen molar-refractivity contribution in [3.8, 4) is 0 Å². The zero-order valence-electron chi connectivity index (χ0n) is 7.41. The summed E-state index contributed by atoms with van der Waals surface area (Å²) in [5.41, 5.74) is 1.36. The van der Waals surface area contributed by atoms with Gasteiger partial charge in [0.2, 0.25) is 0 Å². The summed E-state index contributed by atoms with van der Waals surface area (Å²) in [6.45, 7) is 0.337. The summed E-state index contributed by atoms with van der Waals surface area (Å²) >= 11 is 5.79. The molecule has 1 aliphatic carbocycles. The zero-order chi connectivity index (χ0) is 9.26. The van der Waals surface area contributed by atoms with Crippen LogP contribution in [0.4, 0.5) is 0 Å². The summed E-state index contributed by atoms with van der Waals surface area (Å²) in [6.07, 6.45) is 2.25. The van der Waals surface area contributed by atoms with Crippen molar-refractivity contribution in [1.82, 2.24) is 0 Å². The van der Waals surface area contributed by atoms with Crippen molar-refractivity contribution >= 4 is 11.6 Å². The lowest BCUT2D eigenvalue weighted by Gasteiger charge is -2.34. The molecular formula is C11H13ClO. The van der Waals surface area contributed by atoms with Gasteiger partial charge in [0.05, 0.1) is 0 Å². The molecule has 0 atom stereocenters. The normalized spacial score (nSPS) is 26.9. The Bertz CT molecular complexity index is 275. The van der Waals surface area contributed by atoms with Gasteiger partial charge in [-0.2, -0.15) is 0 Å². The summed E-state index contributed by atoms with van der Waals surface area (Å²) in [5, 5.41) is 9.67. The monoisotopic (exact) mass is 196 g/mol. The van der Waals surface area contributed by atoms with Gasteiger partial charge in [0.15, 0.2) is 0 Å². The highest BCUT2D eigenvalue weighted by Crippen LogP contribution is 2.41. The first-order valence-electron chi connectivity index (χ1n) is 4.66. The van der Waals surface area contributed by atoms with E-state index in [-0.39, 0.29) is 0 Å². The zero-order valence-corrected chi connectivity index (χ0v) is 8.17. The number of aliphatic hydroxyl groups is 1. The number of halogens is 1. The van der Waals surface area contributed by atoms with E-state index in [0.29, 0.717) is 18.4 Å². The van der Waals surface area contributed by atoms with Gasteiger partial charge in [-0.15, -0.1) is 0 Å². The average Bonchev–Trinajstić information content (AvgIpc) is 2.06. The number of hydrogen-bond acceptors (Lipinski definition) is 1. The van der Waals surface area contributed by atoms with Crippen LogP contribution in [0, 0.1) is 5.92 Å². The van der Waals surface area contributed by atoms with Crippen molar-refractivity contribution in [3.63, 3.8) is 0 Å². The first kappa shape index (κ1) is 9.04. The van der Waals surface area contributed by atoms with Crippen LogP contribution >= 0.6 is 11.6 Å². The lowest BCUT2D eigenvalue weighted by Crippen LogP contribution is -2.24. The lowest BCUT2D eigenvalue weighted by atomic mass is 9.72. The summed E-state index contributed by atoms with van der Waals surface area (Å²) in [5.74, 6) is 1.18. The largest absolute Gasteiger partial charge is 0.396 e. The highest BCUT2D eigenvalue weighted by Gasteiger charge is 2.29. The number of aliphatic hydroxyl groups excluding tert-OH is 1. The molecule has 1 aromatic rings. The highest BCUT2D eigenvalue weighted by molar-refractivity contribution is 6.30. The molecule has 0 saturated heterocycles. The smallest absolute Gasteiger partial charge is 0.0459 e. The Hall–Kier alpha value is -0.530. The number of rotatable bonds is 2. The van der Waals surface area contributed by atoms with Crippen molar-refractivity contribution in [1.29, 1.82) is 0 Å². The molecule has 70 valence electrons. The molecule has 1 aliphatic rings. The van der Waals surface area contributed by atoms with Crippen LogP contribution in [0.5, 0.6) is 0 Å². The van der Waals surface area contributed by atoms with Crippen LogP contribution in [0.3, 0.4) is 0 Å². The molecule has 1 N–H and O–H groups in total. The molecule has 1 nitrogen and oxygen atoms in total. The second-order valence-electron chi connectivity index (χ2n) is 3.77. The Kier molecular flexibility index (Phi) is 2.56. The molecule has 0 amide bonds. The van der Waals surface area contributed by atoms with Gasteiger partial charge >= 0.3 is 0 Å². The fraction of sp³-hybridized carbons (Fsp3) is 0.455. The van der Waals surface area contributed by atoms with E-state index in [0.717, 1.165) is 17.9 Å². The molecule has 2 rings (SSSR count). The van der Waals surface area contributed by atoms with E-state index in [2.05, 4.69) is 12.1 Å². The van der Waals surface area contributed by atoms with Crippen LogP contribution < -0.4 is 0 Å². The second-order valence-corrected chi connectivity index (χ2v) is 4.20. The fourth-order valence-electron chi connectivity index (χ4n) is 1.89. The van der Waals surface area contributed by atoms with Crippen molar-refractivity contribution < 1.29 is 5.11 Å². The molecule has 1 fully saturated rings. The third-order valence-corrected chi connectivity index (χ3v) is 3.09. The van der Waals surface area contributed by atoms with Gasteiger partial charge < -0.3 is 5.11 Å². The number of benzene rings is 1. The van der Waals surface area contributed by atoms with Crippen LogP contribution in [0.1, 0.15) is 24.3 Å². The topological polar surface area (TPSA) is 20.2 Å². The summed E-state index contributed by atoms with van der Waals surface area (Å²) in [6, 6.07) is 8.04. The van der Waals surface area contributed by atoms with Crippen molar-refractivity contribution in [3.05, 3.63) is 34.9 Å². The Morgan fingerprint density at radius 1 is 1.23 bits per heavy atom. The quantitative estimate of drug-likeness (QED) is 0.772. The molecule has 0 radical (unpaired) electrons. The second kappa shape index (κ2) is 3.69. The van der Waals surface area contributed by atoms with E-state index in [1.807, 2.05) is 12.1 Å². The summed E-state index contributed by atoms with van der Waals surface area (Å²) in [7, 11) is 0.